The molecule has 29 heavy (non-hydrogen) atoms. The van der Waals surface area contributed by atoms with Gasteiger partial charge in [0, 0.05) is 17.2 Å². The molecule has 1 aromatic heterocycles. The van der Waals surface area contributed by atoms with E-state index >= 15 is 0 Å². The zero-order valence-corrected chi connectivity index (χ0v) is 19.4. The van der Waals surface area contributed by atoms with E-state index in [0.717, 1.165) is 4.47 Å². The molecule has 0 aliphatic rings. The van der Waals surface area contributed by atoms with E-state index in [0.29, 0.717) is 32.5 Å². The van der Waals surface area contributed by atoms with Crippen molar-refractivity contribution in [3.05, 3.63) is 62.8 Å². The number of carbonyl (C=O) groups is 1. The molecule has 0 aliphatic heterocycles. The molecule has 3 aromatic rings. The van der Waals surface area contributed by atoms with Crippen LogP contribution in [0.3, 0.4) is 0 Å². The molecule has 0 unspecified atom stereocenters. The molecule has 2 aromatic carbocycles. The Morgan fingerprint density at radius 1 is 1.24 bits per heavy atom. The van der Waals surface area contributed by atoms with Gasteiger partial charge in [0.05, 0.1) is 15.8 Å². The summed E-state index contributed by atoms with van der Waals surface area (Å²) in [7, 11) is 1.83. The van der Waals surface area contributed by atoms with Gasteiger partial charge in [-0.05, 0) is 53.2 Å². The SMILES string of the molecule is C[C@H](Oc1ccccc1Cl)c1nnc(SCC(=O)Nc2ccc(Cl)c(Br)c2)n1C. The summed E-state index contributed by atoms with van der Waals surface area (Å²) in [4.78, 5) is 12.2. The van der Waals surface area contributed by atoms with E-state index < -0.39 is 0 Å². The molecule has 1 N–H and O–H groups in total. The summed E-state index contributed by atoms with van der Waals surface area (Å²) in [5.74, 6) is 1.24. The molecule has 3 rings (SSSR count). The lowest BCUT2D eigenvalue weighted by Crippen LogP contribution is -2.15. The average molecular weight is 516 g/mol. The smallest absolute Gasteiger partial charge is 0.234 e. The second-order valence-electron chi connectivity index (χ2n) is 6.06. The van der Waals surface area contributed by atoms with Crippen LogP contribution in [0.1, 0.15) is 18.9 Å². The molecular weight excluding hydrogens is 499 g/mol. The number of aromatic nitrogens is 3. The Bertz CT molecular complexity index is 1030. The Morgan fingerprint density at radius 2 is 2.00 bits per heavy atom. The van der Waals surface area contributed by atoms with E-state index in [9.17, 15) is 4.79 Å². The second kappa shape index (κ2) is 9.84. The van der Waals surface area contributed by atoms with Crippen LogP contribution in [0.25, 0.3) is 0 Å². The molecule has 1 atom stereocenters. The highest BCUT2D eigenvalue weighted by molar-refractivity contribution is 9.10. The summed E-state index contributed by atoms with van der Waals surface area (Å²) in [6.45, 7) is 1.87. The summed E-state index contributed by atoms with van der Waals surface area (Å²) in [5, 5.41) is 12.9. The van der Waals surface area contributed by atoms with Crippen molar-refractivity contribution in [2.75, 3.05) is 11.1 Å². The summed E-state index contributed by atoms with van der Waals surface area (Å²) >= 11 is 16.7. The molecule has 0 radical (unpaired) electrons. The third kappa shape index (κ3) is 5.66. The number of thioether (sulfide) groups is 1. The van der Waals surface area contributed by atoms with Gasteiger partial charge >= 0.3 is 0 Å². The monoisotopic (exact) mass is 514 g/mol. The summed E-state index contributed by atoms with van der Waals surface area (Å²) in [5.41, 5.74) is 0.660. The van der Waals surface area contributed by atoms with Gasteiger partial charge in [-0.3, -0.25) is 4.79 Å². The molecule has 0 bridgehead atoms. The molecule has 0 saturated heterocycles. The molecular formula is C19H17BrCl2N4O2S. The Morgan fingerprint density at radius 3 is 2.72 bits per heavy atom. The number of benzene rings is 2. The highest BCUT2D eigenvalue weighted by Crippen LogP contribution is 2.29. The Balaban J connectivity index is 1.59. The Labute approximate surface area is 191 Å². The van der Waals surface area contributed by atoms with Gasteiger partial charge in [-0.15, -0.1) is 10.2 Å². The largest absolute Gasteiger partial charge is 0.481 e. The van der Waals surface area contributed by atoms with Crippen LogP contribution in [0.4, 0.5) is 5.69 Å². The van der Waals surface area contributed by atoms with Crippen molar-refractivity contribution < 1.29 is 9.53 Å². The quantitative estimate of drug-likeness (QED) is 0.405. The molecule has 1 amide bonds. The van der Waals surface area contributed by atoms with E-state index in [1.54, 1.807) is 34.9 Å². The van der Waals surface area contributed by atoms with Gasteiger partial charge in [0.2, 0.25) is 5.91 Å². The number of nitrogens with zero attached hydrogens (tertiary/aromatic N) is 3. The van der Waals surface area contributed by atoms with Gasteiger partial charge in [0.15, 0.2) is 17.1 Å². The average Bonchev–Trinajstić information content (AvgIpc) is 3.05. The normalized spacial score (nSPS) is 11.9. The van der Waals surface area contributed by atoms with E-state index in [-0.39, 0.29) is 17.8 Å². The van der Waals surface area contributed by atoms with Crippen LogP contribution in [0.15, 0.2) is 52.1 Å². The zero-order valence-electron chi connectivity index (χ0n) is 15.5. The fourth-order valence-corrected chi connectivity index (χ4v) is 3.89. The number of rotatable bonds is 7. The first kappa shape index (κ1) is 22.0. The number of amides is 1. The predicted molar refractivity (Wildman–Crippen MR) is 120 cm³/mol. The number of hydrogen-bond acceptors (Lipinski definition) is 5. The van der Waals surface area contributed by atoms with Crippen LogP contribution in [0.5, 0.6) is 5.75 Å². The number of nitrogens with one attached hydrogen (secondary N) is 1. The fourth-order valence-electron chi connectivity index (χ4n) is 2.49. The predicted octanol–water partition coefficient (Wildman–Crippen LogP) is 5.76. The van der Waals surface area contributed by atoms with Gasteiger partial charge in [0.1, 0.15) is 5.75 Å². The first-order valence-corrected chi connectivity index (χ1v) is 11.1. The van der Waals surface area contributed by atoms with E-state index in [2.05, 4.69) is 31.4 Å². The minimum Gasteiger partial charge on any atom is -0.481 e. The standard InChI is InChI=1S/C19H17BrCl2N4O2S/c1-11(28-16-6-4-3-5-15(16)22)18-24-25-19(26(18)2)29-10-17(27)23-12-7-8-14(21)13(20)9-12/h3-9,11H,10H2,1-2H3,(H,23,27)/t11-/m0/s1. The van der Waals surface area contributed by atoms with Gasteiger partial charge in [-0.25, -0.2) is 0 Å². The molecule has 0 aliphatic carbocycles. The Hall–Kier alpha value is -1.74. The van der Waals surface area contributed by atoms with Crippen molar-refractivity contribution in [2.24, 2.45) is 7.05 Å². The maximum Gasteiger partial charge on any atom is 0.234 e. The van der Waals surface area contributed by atoms with E-state index in [1.165, 1.54) is 11.8 Å². The van der Waals surface area contributed by atoms with Crippen molar-refractivity contribution in [1.29, 1.82) is 0 Å². The second-order valence-corrected chi connectivity index (χ2v) is 8.67. The molecule has 10 heteroatoms. The van der Waals surface area contributed by atoms with Gasteiger partial charge < -0.3 is 14.6 Å². The molecule has 0 fully saturated rings. The first-order chi connectivity index (χ1) is 13.8. The van der Waals surface area contributed by atoms with Gasteiger partial charge in [-0.2, -0.15) is 0 Å². The molecule has 6 nitrogen and oxygen atoms in total. The van der Waals surface area contributed by atoms with Crippen molar-refractivity contribution in [1.82, 2.24) is 14.8 Å². The molecule has 152 valence electrons. The zero-order chi connectivity index (χ0) is 21.0. The van der Waals surface area contributed by atoms with E-state index in [1.807, 2.05) is 26.1 Å². The summed E-state index contributed by atoms with van der Waals surface area (Å²) < 4.78 is 8.41. The van der Waals surface area contributed by atoms with Crippen LogP contribution >= 0.6 is 50.9 Å². The van der Waals surface area contributed by atoms with Crippen molar-refractivity contribution in [2.45, 2.75) is 18.2 Å². The number of carbonyl (C=O) groups excluding carboxylic acids is 1. The lowest BCUT2D eigenvalue weighted by Gasteiger charge is -2.15. The maximum atomic E-state index is 12.2. The highest BCUT2D eigenvalue weighted by Gasteiger charge is 2.19. The number of anilines is 1. The summed E-state index contributed by atoms with van der Waals surface area (Å²) in [6, 6.07) is 12.4. The van der Waals surface area contributed by atoms with Gasteiger partial charge in [-0.1, -0.05) is 47.1 Å². The molecule has 0 spiro atoms. The van der Waals surface area contributed by atoms with Crippen molar-refractivity contribution in [3.63, 3.8) is 0 Å². The lowest BCUT2D eigenvalue weighted by atomic mass is 10.3. The van der Waals surface area contributed by atoms with Crippen LogP contribution in [0, 0.1) is 0 Å². The number of hydrogen-bond donors (Lipinski definition) is 1. The third-order valence-corrected chi connectivity index (χ3v) is 6.45. The van der Waals surface area contributed by atoms with Crippen molar-refractivity contribution in [3.8, 4) is 5.75 Å². The minimum atomic E-state index is -0.359. The lowest BCUT2D eigenvalue weighted by molar-refractivity contribution is -0.113. The number of halogens is 3. The van der Waals surface area contributed by atoms with Gasteiger partial charge in [0.25, 0.3) is 0 Å². The molecule has 1 heterocycles. The Kier molecular flexibility index (Phi) is 7.45. The van der Waals surface area contributed by atoms with Crippen LogP contribution in [-0.2, 0) is 11.8 Å². The van der Waals surface area contributed by atoms with Crippen LogP contribution in [-0.4, -0.2) is 26.4 Å². The highest BCUT2D eigenvalue weighted by atomic mass is 79.9. The fraction of sp³-hybridized carbons (Fsp3) is 0.211. The number of para-hydroxylation sites is 1. The minimum absolute atomic E-state index is 0.158. The van der Waals surface area contributed by atoms with E-state index in [4.69, 9.17) is 27.9 Å². The van der Waals surface area contributed by atoms with Crippen LogP contribution < -0.4 is 10.1 Å². The first-order valence-electron chi connectivity index (χ1n) is 8.53. The summed E-state index contributed by atoms with van der Waals surface area (Å²) in [6.07, 6.45) is -0.359. The molecule has 0 saturated carbocycles. The number of ether oxygens (including phenoxy) is 1. The van der Waals surface area contributed by atoms with Crippen molar-refractivity contribution >= 4 is 62.5 Å². The third-order valence-electron chi connectivity index (χ3n) is 3.91. The maximum absolute atomic E-state index is 12.2. The van der Waals surface area contributed by atoms with Crippen LogP contribution in [0.2, 0.25) is 10.0 Å². The topological polar surface area (TPSA) is 69.0 Å².